The number of rotatable bonds is 3. The summed E-state index contributed by atoms with van der Waals surface area (Å²) in [5.74, 6) is -0.0386. The molecule has 0 fully saturated rings. The SMILES string of the molecule is CC(=O)N1CCc2ccc(NS(=O)(=O)c3cc(C)ccc3C)cc21. The van der Waals surface area contributed by atoms with Gasteiger partial charge in [-0.1, -0.05) is 18.2 Å². The molecule has 2 aromatic carbocycles. The highest BCUT2D eigenvalue weighted by atomic mass is 32.2. The van der Waals surface area contributed by atoms with Crippen LogP contribution in [0.2, 0.25) is 0 Å². The van der Waals surface area contributed by atoms with Gasteiger partial charge in [-0.3, -0.25) is 9.52 Å². The van der Waals surface area contributed by atoms with Gasteiger partial charge in [0, 0.05) is 19.2 Å². The summed E-state index contributed by atoms with van der Waals surface area (Å²) in [4.78, 5) is 13.6. The number of hydrogen-bond acceptors (Lipinski definition) is 3. The second-order valence-electron chi connectivity index (χ2n) is 6.14. The van der Waals surface area contributed by atoms with Crippen molar-refractivity contribution < 1.29 is 13.2 Å². The quantitative estimate of drug-likeness (QED) is 0.931. The lowest BCUT2D eigenvalue weighted by molar-refractivity contribution is -0.116. The first kappa shape index (κ1) is 16.5. The Morgan fingerprint density at radius 1 is 1.12 bits per heavy atom. The monoisotopic (exact) mass is 344 g/mol. The molecule has 0 aliphatic carbocycles. The summed E-state index contributed by atoms with van der Waals surface area (Å²) in [5.41, 5.74) is 3.88. The van der Waals surface area contributed by atoms with E-state index in [1.54, 1.807) is 36.1 Å². The summed E-state index contributed by atoms with van der Waals surface area (Å²) < 4.78 is 28.0. The predicted octanol–water partition coefficient (Wildman–Crippen LogP) is 3.01. The van der Waals surface area contributed by atoms with Gasteiger partial charge in [0.25, 0.3) is 10.0 Å². The van der Waals surface area contributed by atoms with Gasteiger partial charge in [0.2, 0.25) is 5.91 Å². The van der Waals surface area contributed by atoms with Crippen molar-refractivity contribution in [2.75, 3.05) is 16.2 Å². The van der Waals surface area contributed by atoms with E-state index in [2.05, 4.69) is 4.72 Å². The van der Waals surface area contributed by atoms with E-state index < -0.39 is 10.0 Å². The van der Waals surface area contributed by atoms with Gasteiger partial charge in [0.15, 0.2) is 0 Å². The molecule has 126 valence electrons. The normalized spacial score (nSPS) is 13.7. The molecule has 6 heteroatoms. The Morgan fingerprint density at radius 2 is 1.88 bits per heavy atom. The molecule has 1 amide bonds. The molecule has 1 aliphatic heterocycles. The number of sulfonamides is 1. The summed E-state index contributed by atoms with van der Waals surface area (Å²) in [5, 5.41) is 0. The number of fused-ring (bicyclic) bond motifs is 1. The molecule has 0 bridgehead atoms. The molecule has 2 aromatic rings. The van der Waals surface area contributed by atoms with Crippen LogP contribution in [-0.2, 0) is 21.2 Å². The van der Waals surface area contributed by atoms with Crippen LogP contribution in [0.3, 0.4) is 0 Å². The van der Waals surface area contributed by atoms with Gasteiger partial charge in [-0.2, -0.15) is 0 Å². The molecule has 0 saturated heterocycles. The number of nitrogens with one attached hydrogen (secondary N) is 1. The Labute approximate surface area is 142 Å². The van der Waals surface area contributed by atoms with Crippen molar-refractivity contribution in [3.05, 3.63) is 53.1 Å². The minimum atomic E-state index is -3.68. The zero-order valence-corrected chi connectivity index (χ0v) is 14.8. The van der Waals surface area contributed by atoms with Crippen LogP contribution < -0.4 is 9.62 Å². The van der Waals surface area contributed by atoms with Crippen molar-refractivity contribution in [1.29, 1.82) is 0 Å². The molecular weight excluding hydrogens is 324 g/mol. The summed E-state index contributed by atoms with van der Waals surface area (Å²) >= 11 is 0. The van der Waals surface area contributed by atoms with E-state index >= 15 is 0 Å². The number of aryl methyl sites for hydroxylation is 2. The highest BCUT2D eigenvalue weighted by Crippen LogP contribution is 2.32. The van der Waals surface area contributed by atoms with Gasteiger partial charge >= 0.3 is 0 Å². The maximum atomic E-state index is 12.7. The lowest BCUT2D eigenvalue weighted by Gasteiger charge is -2.16. The maximum Gasteiger partial charge on any atom is 0.262 e. The van der Waals surface area contributed by atoms with E-state index in [0.717, 1.165) is 23.2 Å². The molecule has 24 heavy (non-hydrogen) atoms. The zero-order valence-electron chi connectivity index (χ0n) is 14.0. The molecule has 1 N–H and O–H groups in total. The van der Waals surface area contributed by atoms with Crippen LogP contribution in [0.5, 0.6) is 0 Å². The number of anilines is 2. The summed E-state index contributed by atoms with van der Waals surface area (Å²) in [6.07, 6.45) is 0.791. The van der Waals surface area contributed by atoms with Crippen molar-refractivity contribution in [1.82, 2.24) is 0 Å². The molecule has 0 aromatic heterocycles. The molecule has 1 aliphatic rings. The highest BCUT2D eigenvalue weighted by Gasteiger charge is 2.24. The number of nitrogens with zero attached hydrogens (tertiary/aromatic N) is 1. The number of hydrogen-bond donors (Lipinski definition) is 1. The Kier molecular flexibility index (Phi) is 4.09. The van der Waals surface area contributed by atoms with Gasteiger partial charge in [0.05, 0.1) is 10.6 Å². The van der Waals surface area contributed by atoms with Crippen molar-refractivity contribution in [2.45, 2.75) is 32.1 Å². The Hall–Kier alpha value is -2.34. The van der Waals surface area contributed by atoms with Gasteiger partial charge in [-0.15, -0.1) is 0 Å². The fourth-order valence-electron chi connectivity index (χ4n) is 2.98. The first-order valence-electron chi connectivity index (χ1n) is 7.79. The third-order valence-corrected chi connectivity index (χ3v) is 5.77. The van der Waals surface area contributed by atoms with Crippen LogP contribution in [0.4, 0.5) is 11.4 Å². The summed E-state index contributed by atoms with van der Waals surface area (Å²) in [6, 6.07) is 10.7. The number of carbonyl (C=O) groups excluding carboxylic acids is 1. The van der Waals surface area contributed by atoms with Crippen LogP contribution in [-0.4, -0.2) is 20.9 Å². The third kappa shape index (κ3) is 3.01. The first-order valence-corrected chi connectivity index (χ1v) is 9.27. The molecule has 5 nitrogen and oxygen atoms in total. The molecule has 0 atom stereocenters. The molecule has 0 unspecified atom stereocenters. The standard InChI is InChI=1S/C18H20N2O3S/c1-12-4-5-13(2)18(10-12)24(22,23)19-16-7-6-15-8-9-20(14(3)21)17(15)11-16/h4-7,10-11,19H,8-9H2,1-3H3. The van der Waals surface area contributed by atoms with Crippen molar-refractivity contribution in [2.24, 2.45) is 0 Å². The molecule has 0 saturated carbocycles. The summed E-state index contributed by atoms with van der Waals surface area (Å²) in [7, 11) is -3.68. The topological polar surface area (TPSA) is 66.5 Å². The van der Waals surface area contributed by atoms with Gasteiger partial charge < -0.3 is 4.90 Å². The van der Waals surface area contributed by atoms with E-state index in [9.17, 15) is 13.2 Å². The van der Waals surface area contributed by atoms with Crippen molar-refractivity contribution in [3.63, 3.8) is 0 Å². The fraction of sp³-hybridized carbons (Fsp3) is 0.278. The van der Waals surface area contributed by atoms with Gasteiger partial charge in [0.1, 0.15) is 0 Å². The second kappa shape index (κ2) is 5.94. The van der Waals surface area contributed by atoms with Crippen LogP contribution in [0.1, 0.15) is 23.6 Å². The largest absolute Gasteiger partial charge is 0.312 e. The molecular formula is C18H20N2O3S. The minimum absolute atomic E-state index is 0.0386. The van der Waals surface area contributed by atoms with Crippen molar-refractivity contribution in [3.8, 4) is 0 Å². The van der Waals surface area contributed by atoms with E-state index in [1.807, 2.05) is 19.1 Å². The predicted molar refractivity (Wildman–Crippen MR) is 94.9 cm³/mol. The average Bonchev–Trinajstić information content (AvgIpc) is 2.92. The van der Waals surface area contributed by atoms with Crippen LogP contribution in [0.15, 0.2) is 41.3 Å². The Balaban J connectivity index is 1.95. The van der Waals surface area contributed by atoms with Gasteiger partial charge in [-0.25, -0.2) is 8.42 Å². The van der Waals surface area contributed by atoms with Crippen LogP contribution >= 0.6 is 0 Å². The molecule has 1 heterocycles. The van der Waals surface area contributed by atoms with E-state index in [-0.39, 0.29) is 10.8 Å². The first-order chi connectivity index (χ1) is 11.3. The minimum Gasteiger partial charge on any atom is -0.312 e. The molecule has 0 radical (unpaired) electrons. The number of carbonyl (C=O) groups is 1. The van der Waals surface area contributed by atoms with E-state index in [1.165, 1.54) is 6.92 Å². The zero-order chi connectivity index (χ0) is 17.5. The smallest absolute Gasteiger partial charge is 0.262 e. The summed E-state index contributed by atoms with van der Waals surface area (Å²) in [6.45, 7) is 5.78. The lowest BCUT2D eigenvalue weighted by atomic mass is 10.1. The Bertz CT molecular complexity index is 920. The van der Waals surface area contributed by atoms with Crippen molar-refractivity contribution >= 4 is 27.3 Å². The Morgan fingerprint density at radius 3 is 2.58 bits per heavy atom. The second-order valence-corrected chi connectivity index (χ2v) is 7.79. The number of amides is 1. The molecule has 3 rings (SSSR count). The van der Waals surface area contributed by atoms with E-state index in [0.29, 0.717) is 17.8 Å². The third-order valence-electron chi connectivity index (χ3n) is 4.25. The fourth-order valence-corrected chi connectivity index (χ4v) is 4.36. The molecule has 0 spiro atoms. The van der Waals surface area contributed by atoms with Crippen LogP contribution in [0, 0.1) is 13.8 Å². The van der Waals surface area contributed by atoms with Crippen LogP contribution in [0.25, 0.3) is 0 Å². The van der Waals surface area contributed by atoms with E-state index in [4.69, 9.17) is 0 Å². The van der Waals surface area contributed by atoms with Gasteiger partial charge in [-0.05, 0) is 55.2 Å². The number of benzene rings is 2. The average molecular weight is 344 g/mol. The highest BCUT2D eigenvalue weighted by molar-refractivity contribution is 7.92. The maximum absolute atomic E-state index is 12.7. The lowest BCUT2D eigenvalue weighted by Crippen LogP contribution is -2.25.